The van der Waals surface area contributed by atoms with Crippen LogP contribution in [0.15, 0.2) is 59.5 Å². The van der Waals surface area contributed by atoms with Gasteiger partial charge in [0.25, 0.3) is 0 Å². The third-order valence-corrected chi connectivity index (χ3v) is 9.11. The molecule has 194 valence electrons. The molecular formula is C29H38N2O4S. The van der Waals surface area contributed by atoms with Crippen molar-refractivity contribution in [2.24, 2.45) is 5.92 Å². The van der Waals surface area contributed by atoms with Crippen LogP contribution >= 0.6 is 0 Å². The fourth-order valence-corrected chi connectivity index (χ4v) is 6.18. The smallest absolute Gasteiger partial charge is 0.310 e. The van der Waals surface area contributed by atoms with Gasteiger partial charge in [0, 0.05) is 16.8 Å². The van der Waals surface area contributed by atoms with E-state index in [1.165, 1.54) is 0 Å². The maximum Gasteiger partial charge on any atom is 0.310 e. The average Bonchev–Trinajstić information content (AvgIpc) is 3.12. The molecule has 0 aliphatic heterocycles. The van der Waals surface area contributed by atoms with Crippen molar-refractivity contribution in [3.63, 3.8) is 0 Å². The monoisotopic (exact) mass is 510 g/mol. The fourth-order valence-electron chi connectivity index (χ4n) is 4.21. The molecule has 2 atom stereocenters. The number of hydrogen-bond donors (Lipinski definition) is 0. The number of rotatable bonds is 9. The van der Waals surface area contributed by atoms with Crippen LogP contribution in [0, 0.1) is 12.8 Å². The topological polar surface area (TPSA) is 78.3 Å². The van der Waals surface area contributed by atoms with Crippen LogP contribution in [0.4, 0.5) is 0 Å². The van der Waals surface area contributed by atoms with Crippen LogP contribution in [-0.4, -0.2) is 35.0 Å². The predicted octanol–water partition coefficient (Wildman–Crippen LogP) is 6.00. The van der Waals surface area contributed by atoms with Crippen LogP contribution in [0.2, 0.25) is 0 Å². The molecule has 0 spiro atoms. The molecule has 0 N–H and O–H groups in total. The van der Waals surface area contributed by atoms with E-state index in [4.69, 9.17) is 9.84 Å². The van der Waals surface area contributed by atoms with E-state index in [9.17, 15) is 13.2 Å². The number of carbonyl (C=O) groups is 1. The zero-order valence-corrected chi connectivity index (χ0v) is 23.2. The van der Waals surface area contributed by atoms with Gasteiger partial charge in [0.1, 0.15) is 5.60 Å². The summed E-state index contributed by atoms with van der Waals surface area (Å²) in [6.07, 6.45) is 0.869. The molecule has 1 heterocycles. The van der Waals surface area contributed by atoms with Gasteiger partial charge in [-0.2, -0.15) is 5.10 Å². The molecule has 1 aromatic heterocycles. The van der Waals surface area contributed by atoms with Crippen LogP contribution in [0.3, 0.4) is 0 Å². The molecule has 36 heavy (non-hydrogen) atoms. The van der Waals surface area contributed by atoms with Crippen molar-refractivity contribution in [2.45, 2.75) is 83.6 Å². The van der Waals surface area contributed by atoms with Gasteiger partial charge in [-0.05, 0) is 52.2 Å². The van der Waals surface area contributed by atoms with Crippen LogP contribution in [0.1, 0.15) is 64.8 Å². The standard InChI is InChI=1S/C29H38N2O4S/c1-8-20(2)22(4)36(33,34)26-17-13-12-16-24(26)19-31-21(3)25(18-27(32)35-29(5,6)7)28(30-31)23-14-10-9-11-15-23/h9-17,20,22H,8,18-19H2,1-7H3. The molecule has 0 aliphatic carbocycles. The Balaban J connectivity index is 2.06. The van der Waals surface area contributed by atoms with Gasteiger partial charge >= 0.3 is 5.97 Å². The molecule has 3 aromatic rings. The maximum atomic E-state index is 13.5. The lowest BCUT2D eigenvalue weighted by atomic mass is 10.0. The summed E-state index contributed by atoms with van der Waals surface area (Å²) in [5.41, 5.74) is 3.27. The number of ether oxygens (including phenoxy) is 1. The lowest BCUT2D eigenvalue weighted by molar-refractivity contribution is -0.153. The number of carbonyl (C=O) groups excluding carboxylic acids is 1. The summed E-state index contributed by atoms with van der Waals surface area (Å²) in [6.45, 7) is 13.5. The summed E-state index contributed by atoms with van der Waals surface area (Å²) >= 11 is 0. The zero-order valence-electron chi connectivity index (χ0n) is 22.4. The summed E-state index contributed by atoms with van der Waals surface area (Å²) in [5, 5.41) is 4.36. The largest absolute Gasteiger partial charge is 0.460 e. The van der Waals surface area contributed by atoms with E-state index in [-0.39, 0.29) is 24.9 Å². The zero-order chi connectivity index (χ0) is 26.7. The van der Waals surface area contributed by atoms with Gasteiger partial charge < -0.3 is 4.74 Å². The number of hydrogen-bond acceptors (Lipinski definition) is 5. The second-order valence-electron chi connectivity index (χ2n) is 10.4. The first-order valence-corrected chi connectivity index (χ1v) is 14.0. The first kappa shape index (κ1) is 27.7. The van der Waals surface area contributed by atoms with Crippen LogP contribution in [0.5, 0.6) is 0 Å². The highest BCUT2D eigenvalue weighted by Gasteiger charge is 2.30. The summed E-state index contributed by atoms with van der Waals surface area (Å²) in [4.78, 5) is 13.1. The Morgan fingerprint density at radius 1 is 1.03 bits per heavy atom. The molecule has 0 bridgehead atoms. The molecule has 2 aromatic carbocycles. The van der Waals surface area contributed by atoms with Crippen LogP contribution in [-0.2, 0) is 32.3 Å². The van der Waals surface area contributed by atoms with E-state index < -0.39 is 20.7 Å². The Morgan fingerprint density at radius 3 is 2.25 bits per heavy atom. The van der Waals surface area contributed by atoms with Gasteiger partial charge in [0.05, 0.1) is 28.8 Å². The number of nitrogens with zero attached hydrogens (tertiary/aromatic N) is 2. The average molecular weight is 511 g/mol. The third-order valence-electron chi connectivity index (χ3n) is 6.65. The van der Waals surface area contributed by atoms with Gasteiger partial charge in [-0.15, -0.1) is 0 Å². The van der Waals surface area contributed by atoms with E-state index in [2.05, 4.69) is 0 Å². The molecular weight excluding hydrogens is 472 g/mol. The van der Waals surface area contributed by atoms with E-state index in [0.29, 0.717) is 16.2 Å². The molecule has 0 saturated carbocycles. The number of aromatic nitrogens is 2. The fraction of sp³-hybridized carbons (Fsp3) is 0.448. The summed E-state index contributed by atoms with van der Waals surface area (Å²) in [7, 11) is -3.52. The minimum absolute atomic E-state index is 0.0413. The first-order valence-electron chi connectivity index (χ1n) is 12.5. The number of esters is 1. The lowest BCUT2D eigenvalue weighted by Crippen LogP contribution is -2.26. The Bertz CT molecular complexity index is 1300. The highest BCUT2D eigenvalue weighted by atomic mass is 32.2. The van der Waals surface area contributed by atoms with Gasteiger partial charge in [0.15, 0.2) is 9.84 Å². The molecule has 3 rings (SSSR count). The van der Waals surface area contributed by atoms with Crippen LogP contribution in [0.25, 0.3) is 11.3 Å². The molecule has 0 radical (unpaired) electrons. The van der Waals surface area contributed by atoms with E-state index in [0.717, 1.165) is 23.2 Å². The minimum Gasteiger partial charge on any atom is -0.460 e. The third kappa shape index (κ3) is 6.25. The normalized spacial score (nSPS) is 13.9. The van der Waals surface area contributed by atoms with Crippen molar-refractivity contribution in [1.82, 2.24) is 9.78 Å². The summed E-state index contributed by atoms with van der Waals surface area (Å²) in [6, 6.07) is 16.8. The van der Waals surface area contributed by atoms with Crippen molar-refractivity contribution in [1.29, 1.82) is 0 Å². The Morgan fingerprint density at radius 2 is 1.64 bits per heavy atom. The number of sulfone groups is 1. The van der Waals surface area contributed by atoms with Crippen molar-refractivity contribution in [3.8, 4) is 11.3 Å². The quantitative estimate of drug-likeness (QED) is 0.330. The Kier molecular flexibility index (Phi) is 8.44. The summed E-state index contributed by atoms with van der Waals surface area (Å²) in [5.74, 6) is -0.285. The Labute approximate surface area is 215 Å². The maximum absolute atomic E-state index is 13.5. The van der Waals surface area contributed by atoms with Gasteiger partial charge in [-0.25, -0.2) is 8.42 Å². The highest BCUT2D eigenvalue weighted by Crippen LogP contribution is 2.30. The molecule has 0 amide bonds. The van der Waals surface area contributed by atoms with Gasteiger partial charge in [0.2, 0.25) is 0 Å². The minimum atomic E-state index is -3.52. The molecule has 0 aliphatic rings. The summed E-state index contributed by atoms with van der Waals surface area (Å²) < 4.78 is 34.4. The Hall–Kier alpha value is -2.93. The van der Waals surface area contributed by atoms with Crippen molar-refractivity contribution in [3.05, 3.63) is 71.4 Å². The first-order chi connectivity index (χ1) is 16.8. The molecule has 2 unspecified atom stereocenters. The number of benzene rings is 2. The van der Waals surface area contributed by atoms with E-state index >= 15 is 0 Å². The molecule has 0 saturated heterocycles. The molecule has 6 nitrogen and oxygen atoms in total. The van der Waals surface area contributed by atoms with E-state index in [1.54, 1.807) is 23.7 Å². The lowest BCUT2D eigenvalue weighted by Gasteiger charge is -2.21. The van der Waals surface area contributed by atoms with Gasteiger partial charge in [-0.1, -0.05) is 68.8 Å². The van der Waals surface area contributed by atoms with Crippen molar-refractivity contribution < 1.29 is 17.9 Å². The highest BCUT2D eigenvalue weighted by molar-refractivity contribution is 7.92. The second kappa shape index (κ2) is 11.0. The second-order valence-corrected chi connectivity index (χ2v) is 12.7. The van der Waals surface area contributed by atoms with Gasteiger partial charge in [-0.3, -0.25) is 9.48 Å². The van der Waals surface area contributed by atoms with Crippen molar-refractivity contribution >= 4 is 15.8 Å². The van der Waals surface area contributed by atoms with Crippen LogP contribution < -0.4 is 0 Å². The van der Waals surface area contributed by atoms with Crippen molar-refractivity contribution in [2.75, 3.05) is 0 Å². The molecule has 0 fully saturated rings. The molecule has 7 heteroatoms. The predicted molar refractivity (Wildman–Crippen MR) is 144 cm³/mol. The van der Waals surface area contributed by atoms with E-state index in [1.807, 2.05) is 84.0 Å². The SMILES string of the molecule is CCC(C)C(C)S(=O)(=O)c1ccccc1Cn1nc(-c2ccccc2)c(CC(=O)OC(C)(C)C)c1C.